The number of aliphatic carboxylic acids is 1. The molecule has 6 heterocycles. The summed E-state index contributed by atoms with van der Waals surface area (Å²) < 4.78 is 22.9. The number of aromatic carboxylic acids is 1. The number of carbonyl (C=O) groups is 6. The van der Waals surface area contributed by atoms with Crippen LogP contribution >= 0.6 is 67.5 Å². The third kappa shape index (κ3) is 18.0. The zero-order valence-corrected chi connectivity index (χ0v) is 46.6. The number of carbonyl (C=O) groups excluding carboxylic acids is 4. The maximum absolute atomic E-state index is 12.6. The second-order valence-electron chi connectivity index (χ2n) is 17.0. The monoisotopic (exact) mass is 1270 g/mol. The van der Waals surface area contributed by atoms with E-state index in [-0.39, 0.29) is 68.8 Å². The number of anilines is 2. The lowest BCUT2D eigenvalue weighted by Gasteiger charge is -2.30. The smallest absolute Gasteiger partial charge is 0.337 e. The number of nitrogens with zero attached hydrogens (tertiary/aromatic N) is 4. The number of pyridine rings is 2. The van der Waals surface area contributed by atoms with Gasteiger partial charge in [-0.25, -0.2) is 14.8 Å². The van der Waals surface area contributed by atoms with E-state index in [9.17, 15) is 44.1 Å². The van der Waals surface area contributed by atoms with Gasteiger partial charge in [-0.05, 0) is 75.2 Å². The number of ether oxygens (including phenoxy) is 4. The summed E-state index contributed by atoms with van der Waals surface area (Å²) in [5.74, 6) is -4.75. The Balaban J connectivity index is 0.000000236. The van der Waals surface area contributed by atoms with Gasteiger partial charge in [-0.1, -0.05) is 23.2 Å². The molecule has 0 radical (unpaired) electrons. The van der Waals surface area contributed by atoms with Crippen molar-refractivity contribution in [2.24, 2.45) is 15.7 Å². The Morgan fingerprint density at radius 2 is 1.14 bits per heavy atom. The number of rotatable bonds is 15. The van der Waals surface area contributed by atoms with Crippen molar-refractivity contribution in [3.05, 3.63) is 102 Å². The molecule has 2 spiro atoms. The Kier molecular flexibility index (Phi) is 23.1. The SMILES string of the molecule is CC(=O)C[C@H](NC(=O)CN)c1cc(Cl)cc(Br)c1O.Cl.O=C(O)C[C@H](NC(=O)CNC(=O)c1cncc(NC2=NCC3(CN2)OCCO3)c1)c1cc(Cl)cc(Br)c1O.O=C(O)c1cncc(NC2=NCC3(CN2)OCCO3)c1. The van der Waals surface area contributed by atoms with Gasteiger partial charge in [0.2, 0.25) is 23.4 Å². The number of nitrogens with two attached hydrogens (primary N) is 1. The zero-order valence-electron chi connectivity index (χ0n) is 41.1. The van der Waals surface area contributed by atoms with Gasteiger partial charge < -0.3 is 82.3 Å². The molecule has 4 aromatic rings. The van der Waals surface area contributed by atoms with Crippen LogP contribution in [0.25, 0.3) is 0 Å². The van der Waals surface area contributed by atoms with E-state index >= 15 is 0 Å². The van der Waals surface area contributed by atoms with Crippen LogP contribution in [0.2, 0.25) is 10.0 Å². The first-order valence-electron chi connectivity index (χ1n) is 23.1. The molecule has 78 heavy (non-hydrogen) atoms. The lowest BCUT2D eigenvalue weighted by Crippen LogP contribution is -2.52. The maximum Gasteiger partial charge on any atom is 0.337 e. The average molecular weight is 1280 g/mol. The first-order chi connectivity index (χ1) is 36.7. The predicted molar refractivity (Wildman–Crippen MR) is 292 cm³/mol. The summed E-state index contributed by atoms with van der Waals surface area (Å²) in [5, 5.41) is 58.8. The highest BCUT2D eigenvalue weighted by Crippen LogP contribution is 2.38. The number of Topliss-reactive ketones (excluding diaryl/α,β-unsaturated/α-hetero) is 1. The molecule has 4 aliphatic heterocycles. The van der Waals surface area contributed by atoms with Gasteiger partial charge in [0, 0.05) is 40.0 Å². The van der Waals surface area contributed by atoms with Gasteiger partial charge in [-0.15, -0.1) is 12.4 Å². The van der Waals surface area contributed by atoms with Gasteiger partial charge in [-0.3, -0.25) is 33.9 Å². The fourth-order valence-corrected chi connectivity index (χ4v) is 9.21. The summed E-state index contributed by atoms with van der Waals surface area (Å²) in [6.45, 7) is 4.54. The molecule has 0 unspecified atom stereocenters. The summed E-state index contributed by atoms with van der Waals surface area (Å²) in [5.41, 5.74) is 7.06. The van der Waals surface area contributed by atoms with Crippen molar-refractivity contribution in [3.8, 4) is 11.5 Å². The van der Waals surface area contributed by atoms with Gasteiger partial charge in [0.25, 0.3) is 5.91 Å². The van der Waals surface area contributed by atoms with Crippen LogP contribution in [0, 0.1) is 0 Å². The van der Waals surface area contributed by atoms with Crippen molar-refractivity contribution < 1.29 is 68.1 Å². The Morgan fingerprint density at radius 1 is 0.692 bits per heavy atom. The van der Waals surface area contributed by atoms with Crippen molar-refractivity contribution in [2.45, 2.75) is 43.4 Å². The normalized spacial score (nSPS) is 16.3. The summed E-state index contributed by atoms with van der Waals surface area (Å²) in [6.07, 6.45) is 5.19. The van der Waals surface area contributed by atoms with Crippen LogP contribution < -0.4 is 43.0 Å². The lowest BCUT2D eigenvalue weighted by atomic mass is 10.0. The molecule has 13 N–H and O–H groups in total. The van der Waals surface area contributed by atoms with Crippen LogP contribution in [-0.4, -0.2) is 155 Å². The van der Waals surface area contributed by atoms with Crippen LogP contribution in [0.1, 0.15) is 63.7 Å². The van der Waals surface area contributed by atoms with E-state index in [0.29, 0.717) is 91.0 Å². The number of aliphatic imine (C=N–C) groups is 2. The van der Waals surface area contributed by atoms with Crippen molar-refractivity contribution in [1.82, 2.24) is 36.6 Å². The number of phenols is 2. The number of carboxylic acids is 2. The first-order valence-corrected chi connectivity index (χ1v) is 25.4. The number of benzene rings is 2. The molecule has 0 bridgehead atoms. The topological polar surface area (TPSA) is 381 Å². The largest absolute Gasteiger partial charge is 0.506 e. The van der Waals surface area contributed by atoms with E-state index < -0.39 is 66.3 Å². The van der Waals surface area contributed by atoms with Gasteiger partial charge >= 0.3 is 11.9 Å². The molecule has 2 aromatic carbocycles. The molecule has 31 heteroatoms. The highest BCUT2D eigenvalue weighted by atomic mass is 79.9. The molecular weight excluding hydrogens is 1220 g/mol. The quantitative estimate of drug-likeness (QED) is 0.0809. The van der Waals surface area contributed by atoms with Crippen LogP contribution in [0.4, 0.5) is 11.4 Å². The number of phenolic OH excluding ortho intramolecular Hbond substituents is 2. The molecule has 8 rings (SSSR count). The molecule has 2 atom stereocenters. The van der Waals surface area contributed by atoms with E-state index in [4.69, 9.17) is 53.0 Å². The van der Waals surface area contributed by atoms with Crippen LogP contribution in [-0.2, 0) is 38.1 Å². The lowest BCUT2D eigenvalue weighted by molar-refractivity contribution is -0.145. The van der Waals surface area contributed by atoms with Gasteiger partial charge in [0.1, 0.15) is 17.3 Å². The minimum Gasteiger partial charge on any atom is -0.506 e. The number of halogens is 5. The van der Waals surface area contributed by atoms with E-state index in [2.05, 4.69) is 89.0 Å². The van der Waals surface area contributed by atoms with Crippen molar-refractivity contribution >= 4 is 126 Å². The van der Waals surface area contributed by atoms with Crippen LogP contribution in [0.15, 0.2) is 80.1 Å². The van der Waals surface area contributed by atoms with Gasteiger partial charge in [0.15, 0.2) is 11.9 Å². The number of hydrogen-bond acceptors (Lipinski definition) is 21. The minimum atomic E-state index is -1.21. The van der Waals surface area contributed by atoms with E-state index in [0.717, 1.165) is 0 Å². The maximum atomic E-state index is 12.6. The number of amides is 3. The molecule has 0 saturated carbocycles. The van der Waals surface area contributed by atoms with Gasteiger partial charge in [0.05, 0.1) is 128 Å². The van der Waals surface area contributed by atoms with Crippen LogP contribution in [0.3, 0.4) is 0 Å². The Morgan fingerprint density at radius 3 is 1.56 bits per heavy atom. The number of hydrogen-bond donors (Lipinski definition) is 12. The van der Waals surface area contributed by atoms with Crippen LogP contribution in [0.5, 0.6) is 11.5 Å². The number of carboxylic acid groups (broad SMARTS) is 2. The van der Waals surface area contributed by atoms with E-state index in [1.165, 1.54) is 68.1 Å². The molecule has 2 aromatic heterocycles. The first kappa shape index (κ1) is 62.4. The minimum absolute atomic E-state index is 0. The molecule has 2 fully saturated rings. The predicted octanol–water partition coefficient (Wildman–Crippen LogP) is 3.60. The second-order valence-corrected chi connectivity index (χ2v) is 19.6. The molecular formula is C47H53Br2Cl3N12O14. The number of aromatic nitrogens is 2. The van der Waals surface area contributed by atoms with Crippen molar-refractivity contribution in [2.75, 3.05) is 76.3 Å². The fourth-order valence-electron chi connectivity index (χ4n) is 7.54. The molecule has 26 nitrogen and oxygen atoms in total. The zero-order chi connectivity index (χ0) is 55.9. The standard InChI is InChI=1S/C23H24BrClN6O7.C12H14BrClN2O3.C12H14N4O4.ClH/c24-16-5-13(25)4-15(20(16)35)17(6-19(33)34)31-18(32)9-27-21(36)12-3-14(8-26-7-12)30-22-28-10-23(11-29-22)37-1-2-38-23;1-6(17)2-10(16-11(18)5-15)8-3-7(14)4-9(13)12(8)19;17-10(18)8-3-9(5-13-4-8)16-11-14-6-12(7-15-11)19-1-2-20-12;/h3-5,7-8,17,35H,1-2,6,9-11H2,(H,27,36)(H,31,32)(H,33,34)(H2,28,29,30);3-4,10,19H,2,5,15H2,1H3,(H,16,18);3-5H,1-2,6-7H2,(H,17,18)(H2,14,15,16);1H/t17-;10-;;/m00../s1. The summed E-state index contributed by atoms with van der Waals surface area (Å²) in [7, 11) is 0. The van der Waals surface area contributed by atoms with E-state index in [1.54, 1.807) is 0 Å². The summed E-state index contributed by atoms with van der Waals surface area (Å²) in [6, 6.07) is 7.09. The second kappa shape index (κ2) is 28.9. The third-order valence-electron chi connectivity index (χ3n) is 11.1. The average Bonchev–Trinajstić information content (AvgIpc) is 4.06. The number of aromatic hydroxyl groups is 2. The van der Waals surface area contributed by atoms with Crippen molar-refractivity contribution in [1.29, 1.82) is 0 Å². The van der Waals surface area contributed by atoms with Crippen molar-refractivity contribution in [3.63, 3.8) is 0 Å². The summed E-state index contributed by atoms with van der Waals surface area (Å²) >= 11 is 18.2. The molecule has 420 valence electrons. The van der Waals surface area contributed by atoms with E-state index in [1.807, 2.05) is 0 Å². The highest BCUT2D eigenvalue weighted by Gasteiger charge is 2.40. The summed E-state index contributed by atoms with van der Waals surface area (Å²) in [4.78, 5) is 86.7. The Labute approximate surface area is 477 Å². The number of ketones is 1. The fraction of sp³-hybridized carbons (Fsp3) is 0.362. The number of guanidine groups is 2. The third-order valence-corrected chi connectivity index (χ3v) is 12.8. The molecule has 4 aliphatic rings. The molecule has 0 aliphatic carbocycles. The Hall–Kier alpha value is -6.47. The Bertz CT molecular complexity index is 2920. The number of nitrogens with one attached hydrogen (secondary N) is 7. The molecule has 3 amide bonds. The highest BCUT2D eigenvalue weighted by molar-refractivity contribution is 9.11. The van der Waals surface area contributed by atoms with Gasteiger partial charge in [-0.2, -0.15) is 0 Å². The molecule has 2 saturated heterocycles.